The van der Waals surface area contributed by atoms with Crippen molar-refractivity contribution in [3.63, 3.8) is 0 Å². The highest BCUT2D eigenvalue weighted by Gasteiger charge is 2.27. The fourth-order valence-corrected chi connectivity index (χ4v) is 3.13. The number of nitrogens with two attached hydrogens (primary N) is 1. The van der Waals surface area contributed by atoms with Crippen molar-refractivity contribution in [2.24, 2.45) is 0 Å². The average molecular weight is 494 g/mol. The molecule has 0 saturated heterocycles. The minimum Gasteiger partial charge on any atom is -0.491 e. The maximum Gasteiger partial charge on any atom is 0.405 e. The summed E-state index contributed by atoms with van der Waals surface area (Å²) < 4.78 is 43.7. The van der Waals surface area contributed by atoms with Crippen LogP contribution in [0.1, 0.15) is 0 Å². The van der Waals surface area contributed by atoms with Gasteiger partial charge in [-0.3, -0.25) is 4.40 Å². The molecular weight excluding hydrogens is 475 g/mol. The summed E-state index contributed by atoms with van der Waals surface area (Å²) in [7, 11) is 1.48. The van der Waals surface area contributed by atoms with Crippen LogP contribution in [0.3, 0.4) is 0 Å². The molecule has 0 saturated carbocycles. The number of carbonyl (C=O) groups is 1. The number of imidazole rings is 1. The summed E-state index contributed by atoms with van der Waals surface area (Å²) in [6.45, 7) is -1.42. The third-order valence-electron chi connectivity index (χ3n) is 4.64. The van der Waals surface area contributed by atoms with E-state index in [1.807, 2.05) is 4.40 Å². The first-order chi connectivity index (χ1) is 15.7. The number of amides is 2. The van der Waals surface area contributed by atoms with E-state index in [0.29, 0.717) is 39.7 Å². The van der Waals surface area contributed by atoms with E-state index in [-0.39, 0.29) is 18.2 Å². The predicted octanol–water partition coefficient (Wildman–Crippen LogP) is 4.15. The number of anilines is 2. The van der Waals surface area contributed by atoms with E-state index in [9.17, 15) is 18.0 Å². The van der Waals surface area contributed by atoms with Crippen LogP contribution in [0.5, 0.6) is 5.75 Å². The minimum atomic E-state index is -4.49. The monoisotopic (exact) mass is 493 g/mol. The van der Waals surface area contributed by atoms with Crippen LogP contribution in [0.15, 0.2) is 55.0 Å². The molecule has 0 aliphatic heterocycles. The highest BCUT2D eigenvalue weighted by atomic mass is 35.5. The number of hydrogen-bond acceptors (Lipinski definition) is 6. The highest BCUT2D eigenvalue weighted by Crippen LogP contribution is 2.27. The number of fused-ring (bicyclic) bond motifs is 1. The van der Waals surface area contributed by atoms with Gasteiger partial charge in [0.15, 0.2) is 17.4 Å². The van der Waals surface area contributed by atoms with Crippen LogP contribution in [-0.2, 0) is 0 Å². The molecule has 1 aromatic carbocycles. The third kappa shape index (κ3) is 5.46. The number of carbonyl (C=O) groups excluding carboxylic acids is 1. The fraction of sp³-hybridized carbons (Fsp3) is 0.143. The lowest BCUT2D eigenvalue weighted by molar-refractivity contribution is -0.122. The van der Waals surface area contributed by atoms with Gasteiger partial charge in [0.05, 0.1) is 25.2 Å². The molecule has 0 atom stereocenters. The quantitative estimate of drug-likeness (QED) is 0.384. The van der Waals surface area contributed by atoms with Gasteiger partial charge < -0.3 is 21.1 Å². The van der Waals surface area contributed by atoms with Crippen molar-refractivity contribution in [3.8, 4) is 28.4 Å². The summed E-state index contributed by atoms with van der Waals surface area (Å²) in [4.78, 5) is 24.6. The first kappa shape index (κ1) is 24.6. The second kappa shape index (κ2) is 9.83. The summed E-state index contributed by atoms with van der Waals surface area (Å²) in [5.74, 6) is 1.01. The molecule has 0 aliphatic carbocycles. The van der Waals surface area contributed by atoms with E-state index in [2.05, 4.69) is 20.3 Å². The average Bonchev–Trinajstić information content (AvgIpc) is 3.21. The number of nitrogen functional groups attached to an aromatic ring is 1. The van der Waals surface area contributed by atoms with E-state index in [4.69, 9.17) is 10.5 Å². The number of hydrogen-bond donors (Lipinski definition) is 3. The molecule has 178 valence electrons. The number of benzene rings is 1. The Morgan fingerprint density at radius 3 is 2.65 bits per heavy atom. The first-order valence-electron chi connectivity index (χ1n) is 9.59. The standard InChI is InChI=1S/C21H18F3N7O2.ClH/c1-33-16-10-27-19(30-18(16)25)13-5-6-31-15(9-26-17(31)8-13)12-3-2-4-14(7-12)29-20(32)28-11-21(22,23)24;/h2-10H,11H2,1H3,(H2,25,27,30)(H2,28,29,32);1H. The van der Waals surface area contributed by atoms with Gasteiger partial charge in [-0.1, -0.05) is 12.1 Å². The maximum absolute atomic E-state index is 12.3. The molecule has 0 aliphatic rings. The van der Waals surface area contributed by atoms with Gasteiger partial charge in [-0.2, -0.15) is 13.2 Å². The molecule has 3 aromatic heterocycles. The highest BCUT2D eigenvalue weighted by molar-refractivity contribution is 5.90. The van der Waals surface area contributed by atoms with Gasteiger partial charge in [-0.25, -0.2) is 19.7 Å². The number of halogens is 4. The summed E-state index contributed by atoms with van der Waals surface area (Å²) >= 11 is 0. The van der Waals surface area contributed by atoms with Crippen LogP contribution in [0.4, 0.5) is 29.5 Å². The number of pyridine rings is 1. The Balaban J connectivity index is 0.00000324. The lowest BCUT2D eigenvalue weighted by Crippen LogP contribution is -2.36. The molecule has 4 N–H and O–H groups in total. The number of alkyl halides is 3. The number of methoxy groups -OCH3 is 1. The van der Waals surface area contributed by atoms with Crippen LogP contribution < -0.4 is 21.1 Å². The lowest BCUT2D eigenvalue weighted by Gasteiger charge is -2.11. The van der Waals surface area contributed by atoms with Crippen LogP contribution >= 0.6 is 12.4 Å². The van der Waals surface area contributed by atoms with Crippen LogP contribution in [-0.4, -0.2) is 45.2 Å². The first-order valence-corrected chi connectivity index (χ1v) is 9.59. The molecule has 0 radical (unpaired) electrons. The smallest absolute Gasteiger partial charge is 0.405 e. The van der Waals surface area contributed by atoms with Gasteiger partial charge >= 0.3 is 12.2 Å². The van der Waals surface area contributed by atoms with Crippen molar-refractivity contribution in [3.05, 3.63) is 55.0 Å². The van der Waals surface area contributed by atoms with Gasteiger partial charge in [-0.15, -0.1) is 12.4 Å². The number of nitrogens with zero attached hydrogens (tertiary/aromatic N) is 4. The number of rotatable bonds is 5. The Labute approximate surface area is 197 Å². The van der Waals surface area contributed by atoms with Crippen LogP contribution in [0.2, 0.25) is 0 Å². The molecule has 2 amide bonds. The Bertz CT molecular complexity index is 1330. The number of aromatic nitrogens is 4. The fourth-order valence-electron chi connectivity index (χ4n) is 3.13. The number of urea groups is 1. The van der Waals surface area contributed by atoms with Crippen molar-refractivity contribution >= 4 is 35.6 Å². The van der Waals surface area contributed by atoms with E-state index in [1.165, 1.54) is 13.3 Å². The summed E-state index contributed by atoms with van der Waals surface area (Å²) in [6, 6.07) is 9.32. The molecule has 4 rings (SSSR count). The molecule has 0 fully saturated rings. The Kier molecular flexibility index (Phi) is 7.11. The Morgan fingerprint density at radius 1 is 1.15 bits per heavy atom. The molecule has 13 heteroatoms. The van der Waals surface area contributed by atoms with E-state index >= 15 is 0 Å². The van der Waals surface area contributed by atoms with Gasteiger partial charge in [-0.05, 0) is 24.3 Å². The number of ether oxygens (including phenoxy) is 1. The lowest BCUT2D eigenvalue weighted by atomic mass is 10.1. The van der Waals surface area contributed by atoms with Gasteiger partial charge in [0.2, 0.25) is 0 Å². The minimum absolute atomic E-state index is 0. The van der Waals surface area contributed by atoms with Crippen molar-refractivity contribution in [2.75, 3.05) is 24.7 Å². The van der Waals surface area contributed by atoms with Crippen molar-refractivity contribution in [2.45, 2.75) is 6.18 Å². The normalized spacial score (nSPS) is 11.1. The zero-order chi connectivity index (χ0) is 23.6. The SMILES string of the molecule is COc1cnc(-c2ccn3c(-c4cccc(NC(=O)NCC(F)(F)F)c4)cnc3c2)nc1N.Cl. The molecule has 0 unspecified atom stereocenters. The van der Waals surface area contributed by atoms with Crippen LogP contribution in [0, 0.1) is 0 Å². The van der Waals surface area contributed by atoms with Crippen molar-refractivity contribution < 1.29 is 22.7 Å². The van der Waals surface area contributed by atoms with Crippen molar-refractivity contribution in [1.29, 1.82) is 0 Å². The van der Waals surface area contributed by atoms with E-state index < -0.39 is 18.8 Å². The third-order valence-corrected chi connectivity index (χ3v) is 4.64. The molecule has 3 heterocycles. The van der Waals surface area contributed by atoms with Crippen LogP contribution in [0.25, 0.3) is 28.3 Å². The molecule has 9 nitrogen and oxygen atoms in total. The van der Waals surface area contributed by atoms with E-state index in [1.54, 1.807) is 54.1 Å². The molecule has 34 heavy (non-hydrogen) atoms. The van der Waals surface area contributed by atoms with Gasteiger partial charge in [0.1, 0.15) is 12.2 Å². The Morgan fingerprint density at radius 2 is 1.94 bits per heavy atom. The zero-order valence-electron chi connectivity index (χ0n) is 17.6. The largest absolute Gasteiger partial charge is 0.491 e. The van der Waals surface area contributed by atoms with Gasteiger partial charge in [0.25, 0.3) is 0 Å². The second-order valence-corrected chi connectivity index (χ2v) is 6.94. The second-order valence-electron chi connectivity index (χ2n) is 6.94. The van der Waals surface area contributed by atoms with E-state index in [0.717, 1.165) is 0 Å². The van der Waals surface area contributed by atoms with Crippen molar-refractivity contribution in [1.82, 2.24) is 24.7 Å². The number of nitrogens with one attached hydrogen (secondary N) is 2. The zero-order valence-corrected chi connectivity index (χ0v) is 18.4. The summed E-state index contributed by atoms with van der Waals surface area (Å²) in [5.41, 5.74) is 8.93. The summed E-state index contributed by atoms with van der Waals surface area (Å²) in [5, 5.41) is 4.16. The Hall–Kier alpha value is -4.06. The molecule has 0 spiro atoms. The topological polar surface area (TPSA) is 119 Å². The summed E-state index contributed by atoms with van der Waals surface area (Å²) in [6.07, 6.45) is 0.428. The molecule has 0 bridgehead atoms. The maximum atomic E-state index is 12.3. The van der Waals surface area contributed by atoms with Gasteiger partial charge in [0, 0.05) is 23.0 Å². The molecule has 4 aromatic rings. The predicted molar refractivity (Wildman–Crippen MR) is 123 cm³/mol. The molecular formula is C21H19ClF3N7O2.